The van der Waals surface area contributed by atoms with Crippen LogP contribution in [0.1, 0.15) is 5.56 Å². The van der Waals surface area contributed by atoms with Crippen LogP contribution in [-0.2, 0) is 19.6 Å². The average Bonchev–Trinajstić information content (AvgIpc) is 2.98. The number of ether oxygens (including phenoxy) is 1. The van der Waals surface area contributed by atoms with E-state index in [1.165, 1.54) is 42.6 Å². The van der Waals surface area contributed by atoms with Gasteiger partial charge in [-0.3, -0.25) is 13.9 Å². The number of amides is 2. The zero-order valence-corrected chi connectivity index (χ0v) is 24.4. The first kappa shape index (κ1) is 29.7. The van der Waals surface area contributed by atoms with E-state index >= 15 is 0 Å². The zero-order valence-electron chi connectivity index (χ0n) is 21.4. The summed E-state index contributed by atoms with van der Waals surface area (Å²) in [6, 6.07) is 26.6. The predicted molar refractivity (Wildman–Crippen MR) is 163 cm³/mol. The van der Waals surface area contributed by atoms with Crippen LogP contribution in [0.4, 0.5) is 15.8 Å². The highest BCUT2D eigenvalue weighted by atomic mass is 127. The Morgan fingerprint density at radius 3 is 2.20 bits per heavy atom. The molecule has 0 heterocycles. The van der Waals surface area contributed by atoms with Gasteiger partial charge in [-0.2, -0.15) is 5.10 Å². The first-order valence-corrected chi connectivity index (χ1v) is 14.7. The molecule has 0 saturated heterocycles. The van der Waals surface area contributed by atoms with Crippen LogP contribution >= 0.6 is 22.6 Å². The van der Waals surface area contributed by atoms with Crippen molar-refractivity contribution in [3.05, 3.63) is 118 Å². The van der Waals surface area contributed by atoms with E-state index in [0.29, 0.717) is 22.7 Å². The number of hydrazone groups is 1. The monoisotopic (exact) mass is 686 g/mol. The smallest absolute Gasteiger partial charge is 0.264 e. The number of benzene rings is 4. The van der Waals surface area contributed by atoms with Crippen molar-refractivity contribution in [3.63, 3.8) is 0 Å². The first-order chi connectivity index (χ1) is 19.7. The molecule has 0 spiro atoms. The zero-order chi connectivity index (χ0) is 29.2. The Bertz CT molecular complexity index is 1620. The van der Waals surface area contributed by atoms with Crippen molar-refractivity contribution in [2.75, 3.05) is 22.8 Å². The van der Waals surface area contributed by atoms with E-state index in [4.69, 9.17) is 4.74 Å². The van der Waals surface area contributed by atoms with Crippen LogP contribution in [-0.4, -0.2) is 39.6 Å². The van der Waals surface area contributed by atoms with Crippen LogP contribution in [0.15, 0.2) is 113 Å². The highest BCUT2D eigenvalue weighted by Crippen LogP contribution is 2.24. The molecule has 0 aliphatic rings. The average molecular weight is 687 g/mol. The first-order valence-electron chi connectivity index (χ1n) is 12.1. The van der Waals surface area contributed by atoms with Gasteiger partial charge < -0.3 is 10.1 Å². The van der Waals surface area contributed by atoms with Crippen LogP contribution in [0.2, 0.25) is 0 Å². The fraction of sp³-hybridized carbons (Fsp3) is 0.0690. The van der Waals surface area contributed by atoms with Crippen molar-refractivity contribution in [1.82, 2.24) is 5.43 Å². The summed E-state index contributed by atoms with van der Waals surface area (Å²) in [6.07, 6.45) is 1.39. The quantitative estimate of drug-likeness (QED) is 0.134. The summed E-state index contributed by atoms with van der Waals surface area (Å²) < 4.78 is 47.1. The molecule has 0 aliphatic carbocycles. The lowest BCUT2D eigenvalue weighted by Gasteiger charge is -2.23. The Labute approximate surface area is 250 Å². The Hall–Kier alpha value is -4.30. The van der Waals surface area contributed by atoms with E-state index in [0.717, 1.165) is 7.88 Å². The van der Waals surface area contributed by atoms with Gasteiger partial charge in [-0.25, -0.2) is 18.2 Å². The van der Waals surface area contributed by atoms with E-state index in [1.807, 2.05) is 0 Å². The molecule has 12 heteroatoms. The highest BCUT2D eigenvalue weighted by molar-refractivity contribution is 14.1. The standard InChI is InChI=1S/C29H24FIN4O5S/c30-22-8-12-24(13-9-22)33-29(37)20-40-26-16-6-21(7-17-26)18-32-34-28(36)19-35(25-14-10-23(31)11-15-25)41(38,39)27-4-2-1-3-5-27/h1-18H,19-20H2,(H,33,37)(H,34,36)/b32-18-. The molecule has 4 aromatic rings. The van der Waals surface area contributed by atoms with Crippen molar-refractivity contribution in [3.8, 4) is 5.75 Å². The summed E-state index contributed by atoms with van der Waals surface area (Å²) in [6.45, 7) is -0.730. The summed E-state index contributed by atoms with van der Waals surface area (Å²) in [5.41, 5.74) is 3.78. The Balaban J connectivity index is 1.33. The van der Waals surface area contributed by atoms with Gasteiger partial charge in [0.2, 0.25) is 0 Å². The van der Waals surface area contributed by atoms with Gasteiger partial charge in [0.05, 0.1) is 16.8 Å². The Kier molecular flexibility index (Phi) is 10.0. The number of hydrogen-bond acceptors (Lipinski definition) is 6. The topological polar surface area (TPSA) is 117 Å². The van der Waals surface area contributed by atoms with Crippen molar-refractivity contribution < 1.29 is 27.1 Å². The number of rotatable bonds is 11. The summed E-state index contributed by atoms with van der Waals surface area (Å²) in [7, 11) is -4.01. The van der Waals surface area contributed by atoms with Gasteiger partial charge in [0, 0.05) is 9.26 Å². The van der Waals surface area contributed by atoms with Crippen molar-refractivity contribution >= 4 is 62.0 Å². The molecular formula is C29H24FIN4O5S. The molecule has 4 aromatic carbocycles. The van der Waals surface area contributed by atoms with Crippen LogP contribution in [0.5, 0.6) is 5.75 Å². The number of anilines is 2. The minimum absolute atomic E-state index is 0.0603. The second kappa shape index (κ2) is 13.9. The number of hydrogen-bond donors (Lipinski definition) is 2. The summed E-state index contributed by atoms with van der Waals surface area (Å²) >= 11 is 2.11. The third-order valence-electron chi connectivity index (χ3n) is 5.51. The molecule has 9 nitrogen and oxygen atoms in total. The number of sulfonamides is 1. The fourth-order valence-electron chi connectivity index (χ4n) is 3.52. The molecule has 2 amide bonds. The van der Waals surface area contributed by atoms with Gasteiger partial charge in [-0.05, 0) is 113 Å². The fourth-order valence-corrected chi connectivity index (χ4v) is 5.32. The van der Waals surface area contributed by atoms with Crippen molar-refractivity contribution in [2.24, 2.45) is 5.10 Å². The predicted octanol–water partition coefficient (Wildman–Crippen LogP) is 4.79. The van der Waals surface area contributed by atoms with Crippen LogP contribution in [0, 0.1) is 9.39 Å². The van der Waals surface area contributed by atoms with Crippen molar-refractivity contribution in [1.29, 1.82) is 0 Å². The van der Waals surface area contributed by atoms with E-state index in [1.54, 1.807) is 66.7 Å². The van der Waals surface area contributed by atoms with E-state index in [-0.39, 0.29) is 11.5 Å². The number of carbonyl (C=O) groups excluding carboxylic acids is 2. The van der Waals surface area contributed by atoms with E-state index < -0.39 is 34.2 Å². The van der Waals surface area contributed by atoms with Gasteiger partial charge in [0.25, 0.3) is 21.8 Å². The molecule has 0 radical (unpaired) electrons. The molecule has 0 atom stereocenters. The van der Waals surface area contributed by atoms with Gasteiger partial charge in [0.15, 0.2) is 6.61 Å². The lowest BCUT2D eigenvalue weighted by molar-refractivity contribution is -0.119. The Morgan fingerprint density at radius 1 is 0.878 bits per heavy atom. The Morgan fingerprint density at radius 2 is 1.54 bits per heavy atom. The normalized spacial score (nSPS) is 11.2. The third kappa shape index (κ3) is 8.59. The molecule has 0 unspecified atom stereocenters. The molecule has 0 fully saturated rings. The maximum atomic E-state index is 13.3. The van der Waals surface area contributed by atoms with Crippen molar-refractivity contribution in [2.45, 2.75) is 4.90 Å². The van der Waals surface area contributed by atoms with Crippen LogP contribution in [0.3, 0.4) is 0 Å². The lowest BCUT2D eigenvalue weighted by atomic mass is 10.2. The molecular weight excluding hydrogens is 662 g/mol. The summed E-state index contributed by atoms with van der Waals surface area (Å²) in [4.78, 5) is 24.8. The minimum Gasteiger partial charge on any atom is -0.484 e. The van der Waals surface area contributed by atoms with Gasteiger partial charge in [-0.1, -0.05) is 18.2 Å². The van der Waals surface area contributed by atoms with Gasteiger partial charge >= 0.3 is 0 Å². The molecule has 0 aliphatic heterocycles. The number of carbonyl (C=O) groups is 2. The highest BCUT2D eigenvalue weighted by Gasteiger charge is 2.27. The number of nitrogens with zero attached hydrogens (tertiary/aromatic N) is 2. The lowest BCUT2D eigenvalue weighted by Crippen LogP contribution is -2.39. The SMILES string of the molecule is O=C(CN(c1ccc(I)cc1)S(=O)(=O)c1ccccc1)N/N=C\c1ccc(OCC(=O)Nc2ccc(F)cc2)cc1. The molecule has 0 aromatic heterocycles. The van der Waals surface area contributed by atoms with Gasteiger partial charge in [0.1, 0.15) is 18.1 Å². The second-order valence-electron chi connectivity index (χ2n) is 8.51. The summed E-state index contributed by atoms with van der Waals surface area (Å²) in [5, 5.41) is 6.54. The maximum absolute atomic E-state index is 13.3. The van der Waals surface area contributed by atoms with Crippen LogP contribution < -0.4 is 19.8 Å². The molecule has 0 bridgehead atoms. The van der Waals surface area contributed by atoms with Gasteiger partial charge in [-0.15, -0.1) is 0 Å². The second-order valence-corrected chi connectivity index (χ2v) is 11.6. The largest absolute Gasteiger partial charge is 0.484 e. The maximum Gasteiger partial charge on any atom is 0.264 e. The van der Waals surface area contributed by atoms with Crippen LogP contribution in [0.25, 0.3) is 0 Å². The molecule has 0 saturated carbocycles. The molecule has 41 heavy (non-hydrogen) atoms. The van der Waals surface area contributed by atoms with E-state index in [9.17, 15) is 22.4 Å². The molecule has 2 N–H and O–H groups in total. The van der Waals surface area contributed by atoms with E-state index in [2.05, 4.69) is 38.4 Å². The summed E-state index contributed by atoms with van der Waals surface area (Å²) in [5.74, 6) is -1.01. The third-order valence-corrected chi connectivity index (χ3v) is 8.02. The molecule has 210 valence electrons. The number of nitrogens with one attached hydrogen (secondary N) is 2. The minimum atomic E-state index is -4.01. The molecule has 4 rings (SSSR count). The number of halogens is 2.